The van der Waals surface area contributed by atoms with Gasteiger partial charge in [-0.2, -0.15) is 13.2 Å². The number of nitrogens with one attached hydrogen (secondary N) is 2. The standard InChI is InChI=1S/C19H23F3N4O.HI/c1-3-24-18(25-10-11-27-17-8-5-9-23-13-17)26-14(2)15-6-4-7-16(12-15)19(20,21)22;/h4-9,12-14H,3,10-11H2,1-2H3,(H2,24,25,26);1H. The maximum absolute atomic E-state index is 12.9. The Morgan fingerprint density at radius 2 is 2.04 bits per heavy atom. The molecule has 2 rings (SSSR count). The molecule has 9 heteroatoms. The minimum atomic E-state index is -4.36. The summed E-state index contributed by atoms with van der Waals surface area (Å²) in [4.78, 5) is 8.35. The van der Waals surface area contributed by atoms with E-state index in [0.29, 0.717) is 37.0 Å². The molecule has 154 valence electrons. The number of rotatable bonds is 7. The summed E-state index contributed by atoms with van der Waals surface area (Å²) in [7, 11) is 0. The van der Waals surface area contributed by atoms with Gasteiger partial charge in [0.15, 0.2) is 5.96 Å². The summed E-state index contributed by atoms with van der Waals surface area (Å²) in [6, 6.07) is 8.50. The zero-order valence-corrected chi connectivity index (χ0v) is 18.0. The number of guanidine groups is 1. The Morgan fingerprint density at radius 3 is 2.68 bits per heavy atom. The predicted octanol–water partition coefficient (Wildman–Crippen LogP) is 4.41. The summed E-state index contributed by atoms with van der Waals surface area (Å²) in [5.74, 6) is 1.17. The Labute approximate surface area is 179 Å². The van der Waals surface area contributed by atoms with Crippen LogP contribution in [0.3, 0.4) is 0 Å². The zero-order valence-electron chi connectivity index (χ0n) is 15.7. The summed E-state index contributed by atoms with van der Waals surface area (Å²) < 4.78 is 44.2. The highest BCUT2D eigenvalue weighted by atomic mass is 127. The number of benzene rings is 1. The third-order valence-electron chi connectivity index (χ3n) is 3.68. The van der Waals surface area contributed by atoms with Crippen LogP contribution in [0.25, 0.3) is 0 Å². The van der Waals surface area contributed by atoms with E-state index in [2.05, 4.69) is 20.6 Å². The average molecular weight is 508 g/mol. The third-order valence-corrected chi connectivity index (χ3v) is 3.68. The van der Waals surface area contributed by atoms with Crippen molar-refractivity contribution < 1.29 is 17.9 Å². The Morgan fingerprint density at radius 1 is 1.25 bits per heavy atom. The van der Waals surface area contributed by atoms with Crippen LogP contribution in [0.2, 0.25) is 0 Å². The minimum absolute atomic E-state index is 0. The molecule has 1 aromatic carbocycles. The topological polar surface area (TPSA) is 58.5 Å². The van der Waals surface area contributed by atoms with Crippen LogP contribution >= 0.6 is 24.0 Å². The summed E-state index contributed by atoms with van der Waals surface area (Å²) in [6.07, 6.45) is -1.09. The molecule has 0 aliphatic rings. The van der Waals surface area contributed by atoms with Crippen molar-refractivity contribution >= 4 is 29.9 Å². The number of alkyl halides is 3. The fraction of sp³-hybridized carbons (Fsp3) is 0.368. The third kappa shape index (κ3) is 7.91. The van der Waals surface area contributed by atoms with Crippen LogP contribution in [0.1, 0.15) is 31.0 Å². The zero-order chi connectivity index (χ0) is 19.7. The molecular weight excluding hydrogens is 484 g/mol. The van der Waals surface area contributed by atoms with E-state index in [0.717, 1.165) is 12.1 Å². The van der Waals surface area contributed by atoms with Crippen LogP contribution in [0.15, 0.2) is 53.8 Å². The van der Waals surface area contributed by atoms with Gasteiger partial charge < -0.3 is 15.4 Å². The lowest BCUT2D eigenvalue weighted by Gasteiger charge is -2.19. The van der Waals surface area contributed by atoms with Crippen LogP contribution in [0.5, 0.6) is 5.75 Å². The smallest absolute Gasteiger partial charge is 0.416 e. The second kappa shape index (κ2) is 11.7. The first-order chi connectivity index (χ1) is 12.9. The molecule has 2 aromatic rings. The Bertz CT molecular complexity index is 741. The maximum atomic E-state index is 12.9. The van der Waals surface area contributed by atoms with Crippen molar-refractivity contribution in [3.05, 3.63) is 59.9 Å². The summed E-state index contributed by atoms with van der Waals surface area (Å²) in [5.41, 5.74) is -0.137. The molecule has 0 amide bonds. The Balaban J connectivity index is 0.00000392. The van der Waals surface area contributed by atoms with Crippen molar-refractivity contribution in [3.8, 4) is 5.75 Å². The molecule has 1 unspecified atom stereocenters. The Kier molecular flexibility index (Phi) is 10.0. The van der Waals surface area contributed by atoms with E-state index in [-0.39, 0.29) is 30.0 Å². The van der Waals surface area contributed by atoms with Gasteiger partial charge in [0, 0.05) is 12.7 Å². The number of pyridine rings is 1. The molecule has 0 fully saturated rings. The molecule has 0 spiro atoms. The van der Waals surface area contributed by atoms with Gasteiger partial charge in [0.2, 0.25) is 0 Å². The van der Waals surface area contributed by atoms with E-state index in [9.17, 15) is 13.2 Å². The second-order valence-corrected chi connectivity index (χ2v) is 5.79. The van der Waals surface area contributed by atoms with E-state index >= 15 is 0 Å². The van der Waals surface area contributed by atoms with Gasteiger partial charge in [0.05, 0.1) is 24.3 Å². The first-order valence-electron chi connectivity index (χ1n) is 8.65. The lowest BCUT2D eigenvalue weighted by atomic mass is 10.1. The van der Waals surface area contributed by atoms with Gasteiger partial charge in [-0.15, -0.1) is 24.0 Å². The molecule has 0 saturated heterocycles. The van der Waals surface area contributed by atoms with Gasteiger partial charge in [0.25, 0.3) is 0 Å². The molecule has 28 heavy (non-hydrogen) atoms. The van der Waals surface area contributed by atoms with Gasteiger partial charge in [-0.1, -0.05) is 12.1 Å². The molecule has 1 heterocycles. The average Bonchev–Trinajstić information content (AvgIpc) is 2.65. The van der Waals surface area contributed by atoms with Crippen molar-refractivity contribution in [2.75, 3.05) is 19.7 Å². The SMILES string of the molecule is CCNC(=NCCOc1cccnc1)NC(C)c1cccc(C(F)(F)F)c1.I. The molecular formula is C19H24F3IN4O. The van der Waals surface area contributed by atoms with Crippen molar-refractivity contribution in [1.29, 1.82) is 0 Å². The van der Waals surface area contributed by atoms with Crippen LogP contribution in [0.4, 0.5) is 13.2 Å². The van der Waals surface area contributed by atoms with Crippen LogP contribution in [0, 0.1) is 0 Å². The molecule has 2 N–H and O–H groups in total. The molecule has 1 atom stereocenters. The fourth-order valence-corrected chi connectivity index (χ4v) is 2.35. The van der Waals surface area contributed by atoms with Gasteiger partial charge >= 0.3 is 6.18 Å². The highest BCUT2D eigenvalue weighted by Gasteiger charge is 2.30. The van der Waals surface area contributed by atoms with Crippen LogP contribution in [-0.4, -0.2) is 30.6 Å². The predicted molar refractivity (Wildman–Crippen MR) is 114 cm³/mol. The highest BCUT2D eigenvalue weighted by Crippen LogP contribution is 2.30. The maximum Gasteiger partial charge on any atom is 0.416 e. The van der Waals surface area contributed by atoms with E-state index in [1.165, 1.54) is 6.07 Å². The monoisotopic (exact) mass is 508 g/mol. The van der Waals surface area contributed by atoms with E-state index < -0.39 is 11.7 Å². The lowest BCUT2D eigenvalue weighted by Crippen LogP contribution is -2.39. The van der Waals surface area contributed by atoms with Crippen molar-refractivity contribution in [2.45, 2.75) is 26.1 Å². The number of hydrogen-bond acceptors (Lipinski definition) is 3. The second-order valence-electron chi connectivity index (χ2n) is 5.79. The number of hydrogen-bond donors (Lipinski definition) is 2. The van der Waals surface area contributed by atoms with E-state index in [1.807, 2.05) is 6.92 Å². The molecule has 0 bridgehead atoms. The molecule has 0 saturated carbocycles. The summed E-state index contributed by atoms with van der Waals surface area (Å²) >= 11 is 0. The van der Waals surface area contributed by atoms with Gasteiger partial charge in [-0.25, -0.2) is 4.99 Å². The number of nitrogens with zero attached hydrogens (tertiary/aromatic N) is 2. The minimum Gasteiger partial charge on any atom is -0.490 e. The summed E-state index contributed by atoms with van der Waals surface area (Å²) in [6.45, 7) is 5.08. The summed E-state index contributed by atoms with van der Waals surface area (Å²) in [5, 5.41) is 6.19. The quantitative estimate of drug-likeness (QED) is 0.252. The normalized spacial score (nSPS) is 12.7. The van der Waals surface area contributed by atoms with Gasteiger partial charge in [-0.3, -0.25) is 4.98 Å². The lowest BCUT2D eigenvalue weighted by molar-refractivity contribution is -0.137. The van der Waals surface area contributed by atoms with Crippen LogP contribution in [-0.2, 0) is 6.18 Å². The molecule has 0 aliphatic carbocycles. The first-order valence-corrected chi connectivity index (χ1v) is 8.65. The number of ether oxygens (including phenoxy) is 1. The van der Waals surface area contributed by atoms with Crippen molar-refractivity contribution in [1.82, 2.24) is 15.6 Å². The number of halogens is 4. The molecule has 5 nitrogen and oxygen atoms in total. The Hall–Kier alpha value is -2.04. The fourth-order valence-electron chi connectivity index (χ4n) is 2.35. The molecule has 0 radical (unpaired) electrons. The van der Waals surface area contributed by atoms with Gasteiger partial charge in [-0.05, 0) is 43.7 Å². The number of aromatic nitrogens is 1. The van der Waals surface area contributed by atoms with Crippen LogP contribution < -0.4 is 15.4 Å². The highest BCUT2D eigenvalue weighted by molar-refractivity contribution is 14.0. The molecule has 1 aromatic heterocycles. The first kappa shape index (κ1) is 24.0. The molecule has 0 aliphatic heterocycles. The van der Waals surface area contributed by atoms with Gasteiger partial charge in [0.1, 0.15) is 12.4 Å². The van der Waals surface area contributed by atoms with E-state index in [1.54, 1.807) is 37.5 Å². The van der Waals surface area contributed by atoms with Crippen molar-refractivity contribution in [2.24, 2.45) is 4.99 Å². The van der Waals surface area contributed by atoms with E-state index in [4.69, 9.17) is 4.74 Å². The van der Waals surface area contributed by atoms with Crippen molar-refractivity contribution in [3.63, 3.8) is 0 Å². The number of aliphatic imine (C=N–C) groups is 1. The largest absolute Gasteiger partial charge is 0.490 e.